The van der Waals surface area contributed by atoms with Gasteiger partial charge in [0.15, 0.2) is 0 Å². The summed E-state index contributed by atoms with van der Waals surface area (Å²) >= 11 is 0. The predicted octanol–water partition coefficient (Wildman–Crippen LogP) is 1.73. The smallest absolute Gasteiger partial charge is 0.227 e. The van der Waals surface area contributed by atoms with Crippen LogP contribution in [0.2, 0.25) is 0 Å². The van der Waals surface area contributed by atoms with Crippen molar-refractivity contribution in [2.24, 2.45) is 5.73 Å². The van der Waals surface area contributed by atoms with Crippen LogP contribution < -0.4 is 10.6 Å². The number of carbonyl (C=O) groups excluding carboxylic acids is 1. The van der Waals surface area contributed by atoms with Crippen LogP contribution in [-0.4, -0.2) is 18.5 Å². The molecule has 18 heavy (non-hydrogen) atoms. The molecule has 94 valence electrons. The largest absolute Gasteiger partial charge is 0.328 e. The van der Waals surface area contributed by atoms with Crippen molar-refractivity contribution >= 4 is 11.6 Å². The van der Waals surface area contributed by atoms with Gasteiger partial charge in [0.1, 0.15) is 0 Å². The van der Waals surface area contributed by atoms with Gasteiger partial charge >= 0.3 is 0 Å². The summed E-state index contributed by atoms with van der Waals surface area (Å²) in [5.41, 5.74) is 11.4. The highest BCUT2D eigenvalue weighted by Crippen LogP contribution is 2.42. The molecule has 2 aliphatic heterocycles. The topological polar surface area (TPSA) is 46.3 Å². The molecule has 3 aliphatic rings. The fourth-order valence-corrected chi connectivity index (χ4v) is 3.65. The van der Waals surface area contributed by atoms with Crippen LogP contribution in [0.25, 0.3) is 0 Å². The van der Waals surface area contributed by atoms with Crippen molar-refractivity contribution < 1.29 is 4.79 Å². The second-order valence-electron chi connectivity index (χ2n) is 5.91. The molecule has 0 aromatic heterocycles. The third-order valence-corrected chi connectivity index (χ3v) is 4.72. The number of nitrogens with zero attached hydrogens (tertiary/aromatic N) is 1. The number of rotatable bonds is 1. The number of hydrogen-bond acceptors (Lipinski definition) is 2. The third kappa shape index (κ3) is 1.37. The zero-order chi connectivity index (χ0) is 12.3. The molecule has 1 aromatic carbocycles. The molecular weight excluding hydrogens is 224 g/mol. The van der Waals surface area contributed by atoms with Crippen LogP contribution in [0.5, 0.6) is 0 Å². The van der Waals surface area contributed by atoms with Crippen LogP contribution in [0, 0.1) is 0 Å². The minimum Gasteiger partial charge on any atom is -0.328 e. The first kappa shape index (κ1) is 10.6. The second kappa shape index (κ2) is 3.58. The number of aryl methyl sites for hydroxylation is 1. The molecule has 0 bridgehead atoms. The van der Waals surface area contributed by atoms with Crippen molar-refractivity contribution in [1.82, 2.24) is 0 Å². The van der Waals surface area contributed by atoms with Gasteiger partial charge in [-0.05, 0) is 48.3 Å². The van der Waals surface area contributed by atoms with Gasteiger partial charge in [-0.3, -0.25) is 4.79 Å². The zero-order valence-electron chi connectivity index (χ0n) is 10.5. The van der Waals surface area contributed by atoms with Gasteiger partial charge in [-0.25, -0.2) is 0 Å². The van der Waals surface area contributed by atoms with Crippen LogP contribution in [0.15, 0.2) is 12.1 Å². The number of anilines is 1. The predicted molar refractivity (Wildman–Crippen MR) is 70.8 cm³/mol. The Hall–Kier alpha value is -1.35. The molecule has 3 heteroatoms. The van der Waals surface area contributed by atoms with Crippen LogP contribution in [0.1, 0.15) is 41.9 Å². The lowest BCUT2D eigenvalue weighted by molar-refractivity contribution is -0.118. The maximum absolute atomic E-state index is 11.9. The van der Waals surface area contributed by atoms with Gasteiger partial charge < -0.3 is 10.6 Å². The lowest BCUT2D eigenvalue weighted by Gasteiger charge is -2.34. The summed E-state index contributed by atoms with van der Waals surface area (Å²) in [4.78, 5) is 13.9. The number of benzene rings is 1. The fraction of sp³-hybridized carbons (Fsp3) is 0.533. The summed E-state index contributed by atoms with van der Waals surface area (Å²) < 4.78 is 0. The average Bonchev–Trinajstić information content (AvgIpc) is 2.75. The van der Waals surface area contributed by atoms with Crippen LogP contribution in [0.3, 0.4) is 0 Å². The molecule has 0 saturated heterocycles. The van der Waals surface area contributed by atoms with E-state index >= 15 is 0 Å². The van der Waals surface area contributed by atoms with E-state index in [1.807, 2.05) is 4.90 Å². The summed E-state index contributed by atoms with van der Waals surface area (Å²) in [6.07, 6.45) is 4.88. The SMILES string of the molecule is NC1CC(c2cc3c4c(c2)CCN4C(=O)CC3)C1. The first-order valence-corrected chi connectivity index (χ1v) is 6.94. The Labute approximate surface area is 107 Å². The molecule has 0 atom stereocenters. The van der Waals surface area contributed by atoms with Crippen molar-refractivity contribution in [3.05, 3.63) is 28.8 Å². The highest BCUT2D eigenvalue weighted by molar-refractivity contribution is 5.98. The zero-order valence-corrected chi connectivity index (χ0v) is 10.5. The maximum atomic E-state index is 11.9. The van der Waals surface area contributed by atoms with Gasteiger partial charge in [0.25, 0.3) is 0 Å². The summed E-state index contributed by atoms with van der Waals surface area (Å²) in [7, 11) is 0. The molecule has 1 fully saturated rings. The van der Waals surface area contributed by atoms with Crippen molar-refractivity contribution in [3.63, 3.8) is 0 Å². The number of nitrogens with two attached hydrogens (primary N) is 1. The van der Waals surface area contributed by atoms with Gasteiger partial charge in [0.2, 0.25) is 5.91 Å². The van der Waals surface area contributed by atoms with E-state index in [0.29, 0.717) is 24.3 Å². The minimum absolute atomic E-state index is 0.305. The van der Waals surface area contributed by atoms with Crippen LogP contribution in [0.4, 0.5) is 5.69 Å². The molecule has 4 rings (SSSR count). The van der Waals surface area contributed by atoms with Crippen molar-refractivity contribution in [1.29, 1.82) is 0 Å². The molecular formula is C15H18N2O. The Kier molecular flexibility index (Phi) is 2.10. The van der Waals surface area contributed by atoms with Gasteiger partial charge in [-0.15, -0.1) is 0 Å². The van der Waals surface area contributed by atoms with Crippen molar-refractivity contribution in [3.8, 4) is 0 Å². The summed E-state index contributed by atoms with van der Waals surface area (Å²) in [6, 6.07) is 5.06. The summed E-state index contributed by atoms with van der Waals surface area (Å²) in [5, 5.41) is 0. The van der Waals surface area contributed by atoms with Gasteiger partial charge in [0, 0.05) is 19.0 Å². The first-order chi connectivity index (χ1) is 8.72. The fourth-order valence-electron chi connectivity index (χ4n) is 3.65. The van der Waals surface area contributed by atoms with Crippen LogP contribution >= 0.6 is 0 Å². The number of amides is 1. The third-order valence-electron chi connectivity index (χ3n) is 4.72. The molecule has 0 spiro atoms. The Balaban J connectivity index is 1.76. The molecule has 1 amide bonds. The summed E-state index contributed by atoms with van der Waals surface area (Å²) in [5.74, 6) is 0.966. The lowest BCUT2D eigenvalue weighted by atomic mass is 9.75. The monoisotopic (exact) mass is 242 g/mol. The van der Waals surface area contributed by atoms with E-state index in [0.717, 1.165) is 32.2 Å². The Morgan fingerprint density at radius 3 is 2.56 bits per heavy atom. The molecule has 2 N–H and O–H groups in total. The van der Waals surface area contributed by atoms with E-state index in [1.54, 1.807) is 0 Å². The standard InChI is InChI=1S/C15H18N2O/c16-13-7-12(8-13)11-5-9-1-2-14(18)17-4-3-10(6-11)15(9)17/h5-6,12-13H,1-4,7-8,16H2. The van der Waals surface area contributed by atoms with Crippen molar-refractivity contribution in [2.45, 2.75) is 44.1 Å². The Morgan fingerprint density at radius 1 is 1.11 bits per heavy atom. The van der Waals surface area contributed by atoms with Crippen molar-refractivity contribution in [2.75, 3.05) is 11.4 Å². The number of hydrogen-bond donors (Lipinski definition) is 1. The van der Waals surface area contributed by atoms with Crippen LogP contribution in [-0.2, 0) is 17.6 Å². The molecule has 2 heterocycles. The average molecular weight is 242 g/mol. The normalized spacial score (nSPS) is 29.2. The van der Waals surface area contributed by atoms with E-state index in [2.05, 4.69) is 12.1 Å². The molecule has 3 nitrogen and oxygen atoms in total. The van der Waals surface area contributed by atoms with E-state index in [-0.39, 0.29) is 0 Å². The van der Waals surface area contributed by atoms with Gasteiger partial charge in [-0.2, -0.15) is 0 Å². The van der Waals surface area contributed by atoms with E-state index in [4.69, 9.17) is 5.73 Å². The molecule has 0 unspecified atom stereocenters. The Morgan fingerprint density at radius 2 is 1.83 bits per heavy atom. The first-order valence-electron chi connectivity index (χ1n) is 6.94. The lowest BCUT2D eigenvalue weighted by Crippen LogP contribution is -2.35. The molecule has 0 radical (unpaired) electrons. The second-order valence-corrected chi connectivity index (χ2v) is 5.91. The summed E-state index contributed by atoms with van der Waals surface area (Å²) in [6.45, 7) is 0.884. The number of carbonyl (C=O) groups is 1. The minimum atomic E-state index is 0.305. The molecule has 1 aliphatic carbocycles. The van der Waals surface area contributed by atoms with Gasteiger partial charge in [0.05, 0.1) is 5.69 Å². The highest BCUT2D eigenvalue weighted by Gasteiger charge is 2.34. The highest BCUT2D eigenvalue weighted by atomic mass is 16.2. The van der Waals surface area contributed by atoms with E-state index < -0.39 is 0 Å². The Bertz CT molecular complexity index is 532. The molecule has 1 aromatic rings. The maximum Gasteiger partial charge on any atom is 0.227 e. The molecule has 1 saturated carbocycles. The van der Waals surface area contributed by atoms with E-state index in [9.17, 15) is 4.79 Å². The van der Waals surface area contributed by atoms with E-state index in [1.165, 1.54) is 22.4 Å². The van der Waals surface area contributed by atoms with Gasteiger partial charge in [-0.1, -0.05) is 12.1 Å². The quantitative estimate of drug-likeness (QED) is 0.815.